The molecule has 1 heterocycles. The number of nitrogens with one attached hydrogen (secondary N) is 1. The number of para-hydroxylation sites is 3. The molecule has 1 N–H and O–H groups in total. The normalized spacial score (nSPS) is 10.6. The molecule has 0 saturated carbocycles. The Balaban J connectivity index is 1.51. The number of amides is 1. The van der Waals surface area contributed by atoms with Crippen LogP contribution >= 0.6 is 11.8 Å². The molecule has 1 amide bonds. The summed E-state index contributed by atoms with van der Waals surface area (Å²) in [5.74, 6) is 2.74. The van der Waals surface area contributed by atoms with Crippen LogP contribution in [0.25, 0.3) is 5.69 Å². The Kier molecular flexibility index (Phi) is 8.82. The van der Waals surface area contributed by atoms with Crippen LogP contribution in [0.15, 0.2) is 84.0 Å². The molecule has 0 saturated heterocycles. The minimum Gasteiger partial charge on any atom is -0.494 e. The Bertz CT molecular complexity index is 1260. The first-order chi connectivity index (χ1) is 17.7. The van der Waals surface area contributed by atoms with Gasteiger partial charge in [0.15, 0.2) is 11.0 Å². The summed E-state index contributed by atoms with van der Waals surface area (Å²) >= 11 is 1.30. The van der Waals surface area contributed by atoms with Gasteiger partial charge in [0, 0.05) is 5.69 Å². The Labute approximate surface area is 214 Å². The SMILES string of the molecule is CCOc1ccc(-n2c(COc3ccccc3)nnc2SCC(=O)Nc2ccccc2OCC)cc1. The second-order valence-electron chi connectivity index (χ2n) is 7.53. The lowest BCUT2D eigenvalue weighted by atomic mass is 10.3. The zero-order valence-corrected chi connectivity index (χ0v) is 21.0. The van der Waals surface area contributed by atoms with E-state index >= 15 is 0 Å². The van der Waals surface area contributed by atoms with E-state index in [2.05, 4.69) is 15.5 Å². The van der Waals surface area contributed by atoms with Gasteiger partial charge in [0.1, 0.15) is 23.9 Å². The molecule has 0 aliphatic rings. The number of rotatable bonds is 12. The highest BCUT2D eigenvalue weighted by Crippen LogP contribution is 2.27. The predicted octanol–water partition coefficient (Wildman–Crippen LogP) is 5.37. The lowest BCUT2D eigenvalue weighted by molar-refractivity contribution is -0.113. The van der Waals surface area contributed by atoms with E-state index in [4.69, 9.17) is 14.2 Å². The van der Waals surface area contributed by atoms with Crippen LogP contribution in [0.2, 0.25) is 0 Å². The average molecular weight is 505 g/mol. The lowest BCUT2D eigenvalue weighted by Crippen LogP contribution is -2.15. The van der Waals surface area contributed by atoms with Crippen LogP contribution in [0.5, 0.6) is 17.2 Å². The molecule has 0 aliphatic heterocycles. The maximum absolute atomic E-state index is 12.7. The number of thioether (sulfide) groups is 1. The van der Waals surface area contributed by atoms with E-state index in [1.165, 1.54) is 11.8 Å². The molecule has 4 aromatic rings. The fraction of sp³-hybridized carbons (Fsp3) is 0.222. The van der Waals surface area contributed by atoms with Crippen LogP contribution < -0.4 is 19.5 Å². The predicted molar refractivity (Wildman–Crippen MR) is 140 cm³/mol. The van der Waals surface area contributed by atoms with Crippen molar-refractivity contribution in [2.24, 2.45) is 0 Å². The van der Waals surface area contributed by atoms with Crippen molar-refractivity contribution in [3.05, 3.63) is 84.7 Å². The molecule has 0 unspecified atom stereocenters. The monoisotopic (exact) mass is 504 g/mol. The Morgan fingerprint density at radius 3 is 2.28 bits per heavy atom. The van der Waals surface area contributed by atoms with E-state index in [0.29, 0.717) is 35.6 Å². The highest BCUT2D eigenvalue weighted by molar-refractivity contribution is 7.99. The van der Waals surface area contributed by atoms with Gasteiger partial charge in [-0.05, 0) is 62.4 Å². The quantitative estimate of drug-likeness (QED) is 0.259. The highest BCUT2D eigenvalue weighted by atomic mass is 32.2. The fourth-order valence-electron chi connectivity index (χ4n) is 3.44. The highest BCUT2D eigenvalue weighted by Gasteiger charge is 2.17. The van der Waals surface area contributed by atoms with Gasteiger partial charge in [0.05, 0.1) is 24.7 Å². The average Bonchev–Trinajstić information content (AvgIpc) is 3.31. The van der Waals surface area contributed by atoms with Crippen LogP contribution in [0.3, 0.4) is 0 Å². The zero-order valence-electron chi connectivity index (χ0n) is 20.2. The summed E-state index contributed by atoms with van der Waals surface area (Å²) in [5.41, 5.74) is 1.48. The molecule has 9 heteroatoms. The number of benzene rings is 3. The van der Waals surface area contributed by atoms with Gasteiger partial charge in [-0.15, -0.1) is 10.2 Å². The molecule has 0 radical (unpaired) electrons. The number of carbonyl (C=O) groups is 1. The van der Waals surface area contributed by atoms with Crippen molar-refractivity contribution >= 4 is 23.4 Å². The third kappa shape index (κ3) is 6.57. The van der Waals surface area contributed by atoms with Crippen LogP contribution in [-0.4, -0.2) is 39.6 Å². The number of hydrogen-bond acceptors (Lipinski definition) is 7. The Morgan fingerprint density at radius 2 is 1.53 bits per heavy atom. The minimum atomic E-state index is -0.171. The number of nitrogens with zero attached hydrogens (tertiary/aromatic N) is 3. The third-order valence-electron chi connectivity index (χ3n) is 5.01. The van der Waals surface area contributed by atoms with Crippen molar-refractivity contribution in [2.75, 3.05) is 24.3 Å². The first-order valence-electron chi connectivity index (χ1n) is 11.7. The molecule has 0 bridgehead atoms. The van der Waals surface area contributed by atoms with E-state index < -0.39 is 0 Å². The summed E-state index contributed by atoms with van der Waals surface area (Å²) in [4.78, 5) is 12.7. The topological polar surface area (TPSA) is 87.5 Å². The minimum absolute atomic E-state index is 0.148. The van der Waals surface area contributed by atoms with Gasteiger partial charge < -0.3 is 19.5 Å². The van der Waals surface area contributed by atoms with E-state index in [1.54, 1.807) is 0 Å². The van der Waals surface area contributed by atoms with E-state index in [-0.39, 0.29) is 18.3 Å². The number of aromatic nitrogens is 3. The van der Waals surface area contributed by atoms with Crippen molar-refractivity contribution in [2.45, 2.75) is 25.6 Å². The molecular formula is C27H28N4O4S. The molecule has 0 fully saturated rings. The summed E-state index contributed by atoms with van der Waals surface area (Å²) in [6.07, 6.45) is 0. The molecule has 8 nitrogen and oxygen atoms in total. The van der Waals surface area contributed by atoms with Gasteiger partial charge in [-0.3, -0.25) is 9.36 Å². The fourth-order valence-corrected chi connectivity index (χ4v) is 4.21. The van der Waals surface area contributed by atoms with Gasteiger partial charge in [0.25, 0.3) is 0 Å². The molecule has 1 aromatic heterocycles. The van der Waals surface area contributed by atoms with Crippen molar-refractivity contribution in [1.82, 2.24) is 14.8 Å². The number of carbonyl (C=O) groups excluding carboxylic acids is 1. The standard InChI is InChI=1S/C27H28N4O4S/c1-3-33-22-16-14-20(15-17-22)31-25(18-35-21-10-6-5-7-11-21)29-30-27(31)36-19-26(32)28-23-12-8-9-13-24(23)34-4-2/h5-17H,3-4,18-19H2,1-2H3,(H,28,32). The molecule has 0 aliphatic carbocycles. The summed E-state index contributed by atoms with van der Waals surface area (Å²) in [7, 11) is 0. The van der Waals surface area contributed by atoms with Crippen molar-refractivity contribution in [3.63, 3.8) is 0 Å². The number of anilines is 1. The second kappa shape index (κ2) is 12.6. The van der Waals surface area contributed by atoms with E-state index in [1.807, 2.05) is 97.3 Å². The van der Waals surface area contributed by atoms with Crippen molar-refractivity contribution in [3.8, 4) is 22.9 Å². The third-order valence-corrected chi connectivity index (χ3v) is 5.94. The van der Waals surface area contributed by atoms with E-state index in [0.717, 1.165) is 17.2 Å². The Morgan fingerprint density at radius 1 is 0.833 bits per heavy atom. The maximum Gasteiger partial charge on any atom is 0.234 e. The zero-order chi connectivity index (χ0) is 25.2. The number of hydrogen-bond donors (Lipinski definition) is 1. The number of ether oxygens (including phenoxy) is 3. The first-order valence-corrected chi connectivity index (χ1v) is 12.7. The van der Waals surface area contributed by atoms with Gasteiger partial charge in [-0.25, -0.2) is 0 Å². The molecule has 186 valence electrons. The van der Waals surface area contributed by atoms with Gasteiger partial charge in [-0.1, -0.05) is 42.1 Å². The molecule has 0 spiro atoms. The van der Waals surface area contributed by atoms with Gasteiger partial charge in [0.2, 0.25) is 5.91 Å². The second-order valence-corrected chi connectivity index (χ2v) is 8.47. The molecule has 36 heavy (non-hydrogen) atoms. The summed E-state index contributed by atoms with van der Waals surface area (Å²) < 4.78 is 19.0. The van der Waals surface area contributed by atoms with Crippen LogP contribution in [0.4, 0.5) is 5.69 Å². The van der Waals surface area contributed by atoms with Gasteiger partial charge >= 0.3 is 0 Å². The van der Waals surface area contributed by atoms with Gasteiger partial charge in [-0.2, -0.15) is 0 Å². The Hall–Kier alpha value is -3.98. The van der Waals surface area contributed by atoms with E-state index in [9.17, 15) is 4.79 Å². The molecule has 3 aromatic carbocycles. The molecular weight excluding hydrogens is 476 g/mol. The first kappa shape index (κ1) is 25.1. The summed E-state index contributed by atoms with van der Waals surface area (Å²) in [5, 5.41) is 12.2. The molecule has 4 rings (SSSR count). The molecule has 0 atom stereocenters. The smallest absolute Gasteiger partial charge is 0.234 e. The van der Waals surface area contributed by atoms with Crippen molar-refractivity contribution in [1.29, 1.82) is 0 Å². The van der Waals surface area contributed by atoms with Crippen molar-refractivity contribution < 1.29 is 19.0 Å². The van der Waals surface area contributed by atoms with Crippen LogP contribution in [0, 0.1) is 0 Å². The maximum atomic E-state index is 12.7. The summed E-state index contributed by atoms with van der Waals surface area (Å²) in [6, 6.07) is 24.6. The lowest BCUT2D eigenvalue weighted by Gasteiger charge is -2.13. The van der Waals surface area contributed by atoms with Crippen LogP contribution in [0.1, 0.15) is 19.7 Å². The largest absolute Gasteiger partial charge is 0.494 e. The summed E-state index contributed by atoms with van der Waals surface area (Å²) in [6.45, 7) is 5.17. The van der Waals surface area contributed by atoms with Crippen LogP contribution in [-0.2, 0) is 11.4 Å².